The Morgan fingerprint density at radius 3 is 2.31 bits per heavy atom. The molecule has 0 radical (unpaired) electrons. The zero-order valence-electron chi connectivity index (χ0n) is 16.4. The molecule has 0 atom stereocenters. The number of halogens is 1. The molecule has 2 aromatic rings. The van der Waals surface area contributed by atoms with Crippen LogP contribution in [-0.2, 0) is 0 Å². The minimum atomic E-state index is -1.26. The fourth-order valence-corrected chi connectivity index (χ4v) is 5.01. The highest BCUT2D eigenvalue weighted by Crippen LogP contribution is 2.38. The summed E-state index contributed by atoms with van der Waals surface area (Å²) in [6.45, 7) is 3.38. The summed E-state index contributed by atoms with van der Waals surface area (Å²) in [7, 11) is 0. The number of aromatic carboxylic acids is 1. The van der Waals surface area contributed by atoms with E-state index in [1.807, 2.05) is 4.57 Å². The molecule has 2 saturated carbocycles. The smallest absolute Gasteiger partial charge is 0.341 e. The Kier molecular flexibility index (Phi) is 4.57. The van der Waals surface area contributed by atoms with E-state index in [1.165, 1.54) is 37.9 Å². The first kappa shape index (κ1) is 18.6. The number of fused-ring (bicyclic) bond motifs is 1. The molecule has 6 nitrogen and oxygen atoms in total. The molecule has 2 aliphatic carbocycles. The molecule has 1 saturated heterocycles. The molecule has 0 amide bonds. The largest absolute Gasteiger partial charge is 0.477 e. The highest BCUT2D eigenvalue weighted by molar-refractivity contribution is 5.93. The lowest BCUT2D eigenvalue weighted by molar-refractivity contribution is 0.0695. The van der Waals surface area contributed by atoms with E-state index in [2.05, 4.69) is 9.80 Å². The van der Waals surface area contributed by atoms with Gasteiger partial charge in [-0.1, -0.05) is 12.8 Å². The van der Waals surface area contributed by atoms with Crippen LogP contribution in [0, 0.1) is 5.82 Å². The van der Waals surface area contributed by atoms with Gasteiger partial charge in [0.25, 0.3) is 0 Å². The summed E-state index contributed by atoms with van der Waals surface area (Å²) in [5.74, 6) is -1.72. The highest BCUT2D eigenvalue weighted by Gasteiger charge is 2.30. The minimum absolute atomic E-state index is 0.155. The number of hydrogen-bond acceptors (Lipinski definition) is 4. The summed E-state index contributed by atoms with van der Waals surface area (Å²) in [6.07, 6.45) is 8.48. The molecule has 1 N–H and O–H groups in total. The van der Waals surface area contributed by atoms with Crippen molar-refractivity contribution in [2.24, 2.45) is 0 Å². The van der Waals surface area contributed by atoms with Crippen molar-refractivity contribution in [3.63, 3.8) is 0 Å². The van der Waals surface area contributed by atoms with E-state index >= 15 is 4.39 Å². The fraction of sp³-hybridized carbons (Fsp3) is 0.545. The maximum atomic E-state index is 15.0. The van der Waals surface area contributed by atoms with Crippen molar-refractivity contribution >= 4 is 22.6 Å². The van der Waals surface area contributed by atoms with Crippen LogP contribution in [-0.4, -0.2) is 52.8 Å². The standard InChI is InChI=1S/C22H26FN3O3/c23-18-11-16-19(26(15-5-6-15)13-17(21(16)27)22(28)29)12-20(18)25-9-7-24(8-10-25)14-3-1-2-4-14/h11-15H,1-10H2,(H,28,29). The second-order valence-corrected chi connectivity index (χ2v) is 8.60. The molecule has 3 fully saturated rings. The molecule has 154 valence electrons. The quantitative estimate of drug-likeness (QED) is 0.855. The van der Waals surface area contributed by atoms with Gasteiger partial charge < -0.3 is 14.6 Å². The molecule has 3 aliphatic rings. The summed E-state index contributed by atoms with van der Waals surface area (Å²) in [5, 5.41) is 9.53. The molecular formula is C22H26FN3O3. The Morgan fingerprint density at radius 2 is 1.69 bits per heavy atom. The molecule has 0 bridgehead atoms. The molecular weight excluding hydrogens is 373 g/mol. The van der Waals surface area contributed by atoms with Crippen LogP contribution in [0.3, 0.4) is 0 Å². The van der Waals surface area contributed by atoms with Gasteiger partial charge >= 0.3 is 5.97 Å². The summed E-state index contributed by atoms with van der Waals surface area (Å²) < 4.78 is 16.9. The first-order chi connectivity index (χ1) is 14.0. The third kappa shape index (κ3) is 3.31. The highest BCUT2D eigenvalue weighted by atomic mass is 19.1. The molecule has 2 heterocycles. The Labute approximate surface area is 168 Å². The zero-order valence-corrected chi connectivity index (χ0v) is 16.4. The molecule has 7 heteroatoms. The number of carbonyl (C=O) groups is 1. The number of carboxylic acid groups (broad SMARTS) is 1. The normalized spacial score (nSPS) is 21.2. The molecule has 1 aromatic carbocycles. The first-order valence-corrected chi connectivity index (χ1v) is 10.6. The van der Waals surface area contributed by atoms with E-state index in [1.54, 1.807) is 6.07 Å². The summed E-state index contributed by atoms with van der Waals surface area (Å²) >= 11 is 0. The second kappa shape index (κ2) is 7.13. The number of nitrogens with zero attached hydrogens (tertiary/aromatic N) is 3. The number of rotatable bonds is 4. The van der Waals surface area contributed by atoms with Crippen LogP contribution >= 0.6 is 0 Å². The zero-order chi connectivity index (χ0) is 20.1. The number of hydrogen-bond donors (Lipinski definition) is 1. The van der Waals surface area contributed by atoms with Crippen molar-refractivity contribution in [1.82, 2.24) is 9.47 Å². The van der Waals surface area contributed by atoms with Gasteiger partial charge in [-0.25, -0.2) is 9.18 Å². The lowest BCUT2D eigenvalue weighted by Crippen LogP contribution is -2.50. The van der Waals surface area contributed by atoms with Gasteiger partial charge in [0.2, 0.25) is 5.43 Å². The third-order valence-electron chi connectivity index (χ3n) is 6.77. The number of piperazine rings is 1. The summed E-state index contributed by atoms with van der Waals surface area (Å²) in [6, 6.07) is 3.85. The molecule has 1 aliphatic heterocycles. The Hall–Kier alpha value is -2.41. The van der Waals surface area contributed by atoms with Crippen LogP contribution in [0.15, 0.2) is 23.1 Å². The average molecular weight is 399 g/mol. The average Bonchev–Trinajstić information content (AvgIpc) is 3.41. The maximum absolute atomic E-state index is 15.0. The van der Waals surface area contributed by atoms with Gasteiger partial charge in [-0.3, -0.25) is 9.69 Å². The van der Waals surface area contributed by atoms with Crippen molar-refractivity contribution in [3.8, 4) is 0 Å². The predicted octanol–water partition coefficient (Wildman–Crippen LogP) is 3.24. The minimum Gasteiger partial charge on any atom is -0.477 e. The monoisotopic (exact) mass is 399 g/mol. The van der Waals surface area contributed by atoms with Gasteiger partial charge in [0.1, 0.15) is 11.4 Å². The van der Waals surface area contributed by atoms with Crippen LogP contribution in [0.25, 0.3) is 10.9 Å². The summed E-state index contributed by atoms with van der Waals surface area (Å²) in [5.41, 5.74) is 0.250. The molecule has 5 rings (SSSR count). The Morgan fingerprint density at radius 1 is 1.00 bits per heavy atom. The van der Waals surface area contributed by atoms with E-state index in [0.29, 0.717) is 17.2 Å². The van der Waals surface area contributed by atoms with E-state index in [0.717, 1.165) is 39.0 Å². The van der Waals surface area contributed by atoms with Crippen LogP contribution < -0.4 is 10.3 Å². The van der Waals surface area contributed by atoms with Crippen molar-refractivity contribution in [1.29, 1.82) is 0 Å². The van der Waals surface area contributed by atoms with Crippen molar-refractivity contribution < 1.29 is 14.3 Å². The third-order valence-corrected chi connectivity index (χ3v) is 6.77. The van der Waals surface area contributed by atoms with Crippen LogP contribution in [0.1, 0.15) is 54.9 Å². The van der Waals surface area contributed by atoms with Gasteiger partial charge in [0, 0.05) is 49.8 Å². The number of pyridine rings is 1. The van der Waals surface area contributed by atoms with Gasteiger partial charge in [0.15, 0.2) is 0 Å². The number of aromatic nitrogens is 1. The topological polar surface area (TPSA) is 65.8 Å². The van der Waals surface area contributed by atoms with E-state index in [9.17, 15) is 14.7 Å². The Balaban J connectivity index is 1.50. The van der Waals surface area contributed by atoms with Crippen molar-refractivity contribution in [3.05, 3.63) is 39.9 Å². The SMILES string of the molecule is O=C(O)c1cn(C2CC2)c2cc(N3CCN(C4CCCC4)CC3)c(F)cc2c1=O. The van der Waals surface area contributed by atoms with Gasteiger partial charge in [0.05, 0.1) is 11.2 Å². The molecule has 0 spiro atoms. The van der Waals surface area contributed by atoms with E-state index < -0.39 is 17.2 Å². The Bertz CT molecular complexity index is 1020. The van der Waals surface area contributed by atoms with Crippen LogP contribution in [0.4, 0.5) is 10.1 Å². The van der Waals surface area contributed by atoms with Crippen molar-refractivity contribution in [2.75, 3.05) is 31.1 Å². The molecule has 1 aromatic heterocycles. The lowest BCUT2D eigenvalue weighted by Gasteiger charge is -2.39. The number of anilines is 1. The molecule has 0 unspecified atom stereocenters. The van der Waals surface area contributed by atoms with E-state index in [-0.39, 0.29) is 17.0 Å². The fourth-order valence-electron chi connectivity index (χ4n) is 5.01. The number of carboxylic acids is 1. The lowest BCUT2D eigenvalue weighted by atomic mass is 10.1. The van der Waals surface area contributed by atoms with Crippen LogP contribution in [0.2, 0.25) is 0 Å². The first-order valence-electron chi connectivity index (χ1n) is 10.6. The van der Waals surface area contributed by atoms with Crippen molar-refractivity contribution in [2.45, 2.75) is 50.6 Å². The summed E-state index contributed by atoms with van der Waals surface area (Å²) in [4.78, 5) is 28.7. The van der Waals surface area contributed by atoms with E-state index in [4.69, 9.17) is 0 Å². The maximum Gasteiger partial charge on any atom is 0.341 e. The number of benzene rings is 1. The predicted molar refractivity (Wildman–Crippen MR) is 109 cm³/mol. The van der Waals surface area contributed by atoms with Gasteiger partial charge in [-0.05, 0) is 37.8 Å². The molecule has 29 heavy (non-hydrogen) atoms. The van der Waals surface area contributed by atoms with Gasteiger partial charge in [-0.2, -0.15) is 0 Å². The van der Waals surface area contributed by atoms with Crippen LogP contribution in [0.5, 0.6) is 0 Å². The second-order valence-electron chi connectivity index (χ2n) is 8.60. The van der Waals surface area contributed by atoms with Gasteiger partial charge in [-0.15, -0.1) is 0 Å².